The highest BCUT2D eigenvalue weighted by Gasteiger charge is 2.50. The Kier molecular flexibility index (Phi) is 2.20. The monoisotopic (exact) mass is 330 g/mol. The van der Waals surface area contributed by atoms with Crippen molar-refractivity contribution in [3.05, 3.63) is 0 Å². The van der Waals surface area contributed by atoms with Gasteiger partial charge in [0.25, 0.3) is 0 Å². The lowest BCUT2D eigenvalue weighted by molar-refractivity contribution is 0.515. The molecule has 3 heteroatoms. The Bertz CT molecular complexity index is 132. The van der Waals surface area contributed by atoms with Crippen LogP contribution < -0.4 is 0 Å². The molecule has 0 aromatic carbocycles. The molecule has 4 atom stereocenters. The molecule has 2 bridgehead atoms. The average Bonchev–Trinajstić information content (AvgIpc) is 2.26. The van der Waals surface area contributed by atoms with Gasteiger partial charge in [-0.2, -0.15) is 0 Å². The van der Waals surface area contributed by atoms with E-state index in [0.29, 0.717) is 0 Å². The fourth-order valence-corrected chi connectivity index (χ4v) is 6.08. The first-order chi connectivity index (χ1) is 4.70. The van der Waals surface area contributed by atoms with Crippen molar-refractivity contribution in [2.75, 3.05) is 0 Å². The summed E-state index contributed by atoms with van der Waals surface area (Å²) in [5.41, 5.74) is 0. The minimum atomic E-state index is 0.765. The molecule has 0 heterocycles. The predicted octanol–water partition coefficient (Wildman–Crippen LogP) is 3.32. The summed E-state index contributed by atoms with van der Waals surface area (Å²) in [5, 5.41) is 0. The normalized spacial score (nSPS) is 59.7. The molecule has 10 heavy (non-hydrogen) atoms. The van der Waals surface area contributed by atoms with Crippen LogP contribution in [0, 0.1) is 11.8 Å². The summed E-state index contributed by atoms with van der Waals surface area (Å²) in [7, 11) is 0. The van der Waals surface area contributed by atoms with Crippen molar-refractivity contribution in [1.82, 2.24) is 0 Å². The Morgan fingerprint density at radius 3 is 1.40 bits per heavy atom. The summed E-state index contributed by atoms with van der Waals surface area (Å²) in [6.45, 7) is 0. The van der Waals surface area contributed by atoms with Crippen molar-refractivity contribution < 1.29 is 0 Å². The van der Waals surface area contributed by atoms with E-state index in [4.69, 9.17) is 0 Å². The van der Waals surface area contributed by atoms with Gasteiger partial charge in [0.1, 0.15) is 0 Å². The summed E-state index contributed by atoms with van der Waals surface area (Å²) >= 11 is 11.2. The van der Waals surface area contributed by atoms with Gasteiger partial charge in [-0.25, -0.2) is 0 Å². The van der Waals surface area contributed by atoms with Crippen LogP contribution in [0.1, 0.15) is 12.8 Å². The van der Waals surface area contributed by atoms with E-state index in [2.05, 4.69) is 47.8 Å². The molecule has 0 aromatic heterocycles. The van der Waals surface area contributed by atoms with Gasteiger partial charge in [0, 0.05) is 14.5 Å². The zero-order valence-corrected chi connectivity index (χ0v) is 10.2. The molecule has 0 saturated heterocycles. The smallest absolute Gasteiger partial charge is 0.0224 e. The number of halogens is 3. The van der Waals surface area contributed by atoms with E-state index in [1.54, 1.807) is 0 Å². The third-order valence-corrected chi connectivity index (χ3v) is 6.21. The van der Waals surface area contributed by atoms with Gasteiger partial charge >= 0.3 is 0 Å². The van der Waals surface area contributed by atoms with Gasteiger partial charge in [-0.05, 0) is 24.7 Å². The Labute approximate surface area is 86.5 Å². The third-order valence-electron chi connectivity index (χ3n) is 2.74. The Morgan fingerprint density at radius 1 is 0.800 bits per heavy atom. The summed E-state index contributed by atoms with van der Waals surface area (Å²) in [4.78, 5) is 2.31. The van der Waals surface area contributed by atoms with Crippen LogP contribution in [0.4, 0.5) is 0 Å². The van der Waals surface area contributed by atoms with Gasteiger partial charge in [-0.1, -0.05) is 47.8 Å². The van der Waals surface area contributed by atoms with E-state index in [1.165, 1.54) is 12.8 Å². The lowest BCUT2D eigenvalue weighted by atomic mass is 10.0. The molecule has 0 unspecified atom stereocenters. The van der Waals surface area contributed by atoms with Gasteiger partial charge in [0.2, 0.25) is 0 Å². The Morgan fingerprint density at radius 2 is 1.20 bits per heavy atom. The zero-order chi connectivity index (χ0) is 7.30. The second kappa shape index (κ2) is 2.74. The van der Waals surface area contributed by atoms with E-state index in [9.17, 15) is 0 Å². The number of rotatable bonds is 0. The van der Waals surface area contributed by atoms with Gasteiger partial charge in [-0.3, -0.25) is 0 Å². The van der Waals surface area contributed by atoms with Crippen LogP contribution in [-0.2, 0) is 0 Å². The highest BCUT2D eigenvalue weighted by Crippen LogP contribution is 2.53. The molecule has 2 aliphatic rings. The maximum absolute atomic E-state index is 3.75. The predicted molar refractivity (Wildman–Crippen MR) is 54.4 cm³/mol. The highest BCUT2D eigenvalue weighted by molar-refractivity contribution is 9.10. The van der Waals surface area contributed by atoms with E-state index in [0.717, 1.165) is 26.3 Å². The molecular formula is C7H9Br3. The molecule has 0 spiro atoms. The van der Waals surface area contributed by atoms with Crippen LogP contribution in [0.25, 0.3) is 0 Å². The van der Waals surface area contributed by atoms with Gasteiger partial charge in [0.15, 0.2) is 0 Å². The van der Waals surface area contributed by atoms with Gasteiger partial charge in [-0.15, -0.1) is 0 Å². The number of hydrogen-bond acceptors (Lipinski definition) is 0. The zero-order valence-electron chi connectivity index (χ0n) is 5.43. The second-order valence-electron chi connectivity index (χ2n) is 3.28. The highest BCUT2D eigenvalue weighted by atomic mass is 79.9. The largest absolute Gasteiger partial charge is 0.0887 e. The second-order valence-corrected chi connectivity index (χ2v) is 6.69. The van der Waals surface area contributed by atoms with Crippen LogP contribution in [0.3, 0.4) is 0 Å². The van der Waals surface area contributed by atoms with Crippen molar-refractivity contribution in [2.24, 2.45) is 11.8 Å². The van der Waals surface area contributed by atoms with E-state index in [-0.39, 0.29) is 0 Å². The maximum atomic E-state index is 3.75. The molecule has 0 radical (unpaired) electrons. The summed E-state index contributed by atoms with van der Waals surface area (Å²) in [5.74, 6) is 1.74. The number of hydrogen-bond donors (Lipinski definition) is 0. The van der Waals surface area contributed by atoms with Gasteiger partial charge < -0.3 is 0 Å². The lowest BCUT2D eigenvalue weighted by Crippen LogP contribution is -2.16. The first-order valence-electron chi connectivity index (χ1n) is 3.62. The molecule has 0 nitrogen and oxygen atoms in total. The van der Waals surface area contributed by atoms with Gasteiger partial charge in [0.05, 0.1) is 0 Å². The molecule has 58 valence electrons. The molecular weight excluding hydrogens is 324 g/mol. The Hall–Kier alpha value is 1.44. The summed E-state index contributed by atoms with van der Waals surface area (Å²) in [6, 6.07) is 0. The SMILES string of the molecule is BrC1[C@@H]2C[C@H](Br)[C@H]1C[C@@H]2Br. The van der Waals surface area contributed by atoms with Crippen molar-refractivity contribution in [2.45, 2.75) is 27.3 Å². The van der Waals surface area contributed by atoms with Crippen LogP contribution >= 0.6 is 47.8 Å². The quantitative estimate of drug-likeness (QED) is 0.597. The fraction of sp³-hybridized carbons (Fsp3) is 1.00. The van der Waals surface area contributed by atoms with Crippen LogP contribution in [0.5, 0.6) is 0 Å². The summed E-state index contributed by atoms with van der Waals surface area (Å²) < 4.78 is 0. The van der Waals surface area contributed by atoms with Crippen LogP contribution in [-0.4, -0.2) is 14.5 Å². The van der Waals surface area contributed by atoms with E-state index >= 15 is 0 Å². The van der Waals surface area contributed by atoms with Crippen molar-refractivity contribution in [3.63, 3.8) is 0 Å². The minimum Gasteiger partial charge on any atom is -0.0887 e. The molecule has 0 amide bonds. The third kappa shape index (κ3) is 1.04. The molecule has 2 saturated carbocycles. The minimum absolute atomic E-state index is 0.765. The molecule has 2 aliphatic carbocycles. The van der Waals surface area contributed by atoms with Crippen molar-refractivity contribution >= 4 is 47.8 Å². The standard InChI is InChI=1S/C7H9Br3/c8-5-1-3-6(9)2-4(5)7(3)10/h3-7H,1-2H2/t3-,4-,5+,6+/m1/s1. The first-order valence-corrected chi connectivity index (χ1v) is 6.37. The molecule has 0 N–H and O–H groups in total. The fourth-order valence-electron chi connectivity index (χ4n) is 2.14. The molecule has 2 fully saturated rings. The number of fused-ring (bicyclic) bond motifs is 2. The van der Waals surface area contributed by atoms with E-state index in [1.807, 2.05) is 0 Å². The van der Waals surface area contributed by atoms with E-state index < -0.39 is 0 Å². The molecule has 2 rings (SSSR count). The van der Waals surface area contributed by atoms with Crippen molar-refractivity contribution in [1.29, 1.82) is 0 Å². The summed E-state index contributed by atoms with van der Waals surface area (Å²) in [6.07, 6.45) is 2.69. The Balaban J connectivity index is 2.17. The molecule has 0 aliphatic heterocycles. The topological polar surface area (TPSA) is 0 Å². The molecule has 0 aromatic rings. The lowest BCUT2D eigenvalue weighted by Gasteiger charge is -2.18. The van der Waals surface area contributed by atoms with Crippen LogP contribution in [0.15, 0.2) is 0 Å². The average molecular weight is 333 g/mol. The first kappa shape index (κ1) is 8.06. The van der Waals surface area contributed by atoms with Crippen molar-refractivity contribution in [3.8, 4) is 0 Å². The van der Waals surface area contributed by atoms with Crippen LogP contribution in [0.2, 0.25) is 0 Å². The maximum Gasteiger partial charge on any atom is 0.0224 e. The number of alkyl halides is 3.